The summed E-state index contributed by atoms with van der Waals surface area (Å²) in [5.74, 6) is 0.114. The van der Waals surface area contributed by atoms with Crippen molar-refractivity contribution in [2.45, 2.75) is 13.0 Å². The van der Waals surface area contributed by atoms with Crippen molar-refractivity contribution >= 4 is 21.6 Å². The Balaban J connectivity index is 2.09. The van der Waals surface area contributed by atoms with Crippen LogP contribution in [0.2, 0.25) is 5.02 Å². The van der Waals surface area contributed by atoms with Gasteiger partial charge < -0.3 is 0 Å². The molecule has 0 bridgehead atoms. The first kappa shape index (κ1) is 16.2. The van der Waals surface area contributed by atoms with Crippen LogP contribution in [-0.4, -0.2) is 49.6 Å². The maximum Gasteiger partial charge on any atom is 0.213 e. The molecule has 1 aromatic carbocycles. The van der Waals surface area contributed by atoms with Gasteiger partial charge in [-0.05, 0) is 24.6 Å². The molecule has 1 atom stereocenters. The SMILES string of the molecule is CCS(=O)(=O)N1CCN(C(C#N)c2cccc(Cl)c2)CC1. The van der Waals surface area contributed by atoms with Gasteiger partial charge in [0.15, 0.2) is 0 Å². The van der Waals surface area contributed by atoms with E-state index < -0.39 is 16.1 Å². The van der Waals surface area contributed by atoms with E-state index in [4.69, 9.17) is 11.6 Å². The molecule has 1 aliphatic rings. The van der Waals surface area contributed by atoms with Crippen LogP contribution in [0.15, 0.2) is 24.3 Å². The van der Waals surface area contributed by atoms with E-state index in [1.165, 1.54) is 4.31 Å². The molecule has 0 amide bonds. The molecule has 21 heavy (non-hydrogen) atoms. The number of halogens is 1. The summed E-state index contributed by atoms with van der Waals surface area (Å²) in [6.45, 7) is 3.59. The molecule has 0 saturated carbocycles. The van der Waals surface area contributed by atoms with E-state index in [1.54, 1.807) is 19.1 Å². The molecule has 0 spiro atoms. The number of nitriles is 1. The number of piperazine rings is 1. The Kier molecular flexibility index (Phi) is 5.22. The molecule has 114 valence electrons. The smallest absolute Gasteiger partial charge is 0.213 e. The predicted molar refractivity (Wildman–Crippen MR) is 82.4 cm³/mol. The summed E-state index contributed by atoms with van der Waals surface area (Å²) in [5, 5.41) is 10.0. The van der Waals surface area contributed by atoms with E-state index in [2.05, 4.69) is 6.07 Å². The van der Waals surface area contributed by atoms with Gasteiger partial charge in [-0.1, -0.05) is 23.7 Å². The molecule has 1 fully saturated rings. The molecule has 1 heterocycles. The zero-order valence-corrected chi connectivity index (χ0v) is 13.4. The summed E-state index contributed by atoms with van der Waals surface area (Å²) in [5.41, 5.74) is 0.844. The summed E-state index contributed by atoms with van der Waals surface area (Å²) in [7, 11) is -3.15. The van der Waals surface area contributed by atoms with Gasteiger partial charge in [-0.2, -0.15) is 9.57 Å². The molecule has 0 N–H and O–H groups in total. The fraction of sp³-hybridized carbons (Fsp3) is 0.500. The van der Waals surface area contributed by atoms with Crippen molar-refractivity contribution in [3.05, 3.63) is 34.9 Å². The minimum atomic E-state index is -3.15. The molecule has 1 aliphatic heterocycles. The van der Waals surface area contributed by atoms with E-state index in [-0.39, 0.29) is 5.75 Å². The largest absolute Gasteiger partial charge is 0.282 e. The second-order valence-electron chi connectivity index (χ2n) is 4.92. The van der Waals surface area contributed by atoms with Crippen molar-refractivity contribution in [1.29, 1.82) is 5.26 Å². The third-order valence-corrected chi connectivity index (χ3v) is 5.80. The molecule has 1 unspecified atom stereocenters. The Morgan fingerprint density at radius 3 is 2.52 bits per heavy atom. The van der Waals surface area contributed by atoms with Crippen LogP contribution in [0.5, 0.6) is 0 Å². The van der Waals surface area contributed by atoms with Gasteiger partial charge in [-0.3, -0.25) is 4.90 Å². The maximum atomic E-state index is 11.8. The average molecular weight is 328 g/mol. The Morgan fingerprint density at radius 1 is 1.33 bits per heavy atom. The topological polar surface area (TPSA) is 64.4 Å². The van der Waals surface area contributed by atoms with E-state index in [0.717, 1.165) is 5.56 Å². The van der Waals surface area contributed by atoms with Crippen molar-refractivity contribution in [3.8, 4) is 6.07 Å². The number of hydrogen-bond acceptors (Lipinski definition) is 4. The molecular formula is C14H18ClN3O2S. The van der Waals surface area contributed by atoms with Gasteiger partial charge in [0, 0.05) is 31.2 Å². The molecule has 1 saturated heterocycles. The Hall–Kier alpha value is -1.13. The first-order valence-corrected chi connectivity index (χ1v) is 8.83. The van der Waals surface area contributed by atoms with Gasteiger partial charge in [-0.15, -0.1) is 0 Å². The van der Waals surface area contributed by atoms with Crippen molar-refractivity contribution in [3.63, 3.8) is 0 Å². The van der Waals surface area contributed by atoms with E-state index in [0.29, 0.717) is 31.2 Å². The fourth-order valence-corrected chi connectivity index (χ4v) is 3.75. The van der Waals surface area contributed by atoms with Crippen molar-refractivity contribution in [2.24, 2.45) is 0 Å². The van der Waals surface area contributed by atoms with Crippen LogP contribution in [-0.2, 0) is 10.0 Å². The van der Waals surface area contributed by atoms with Gasteiger partial charge in [0.2, 0.25) is 10.0 Å². The van der Waals surface area contributed by atoms with Gasteiger partial charge in [0.25, 0.3) is 0 Å². The highest BCUT2D eigenvalue weighted by Crippen LogP contribution is 2.24. The highest BCUT2D eigenvalue weighted by molar-refractivity contribution is 7.89. The lowest BCUT2D eigenvalue weighted by Gasteiger charge is -2.36. The minimum Gasteiger partial charge on any atom is -0.282 e. The normalized spacial score (nSPS) is 19.1. The summed E-state index contributed by atoms with van der Waals surface area (Å²) in [6, 6.07) is 9.13. The summed E-state index contributed by atoms with van der Waals surface area (Å²) in [4.78, 5) is 1.99. The molecule has 5 nitrogen and oxygen atoms in total. The molecule has 0 aliphatic carbocycles. The molecular weight excluding hydrogens is 310 g/mol. The Bertz CT molecular complexity index is 634. The molecule has 2 rings (SSSR count). The number of hydrogen-bond donors (Lipinski definition) is 0. The lowest BCUT2D eigenvalue weighted by molar-refractivity contribution is 0.163. The van der Waals surface area contributed by atoms with Crippen LogP contribution in [0.1, 0.15) is 18.5 Å². The van der Waals surface area contributed by atoms with E-state index >= 15 is 0 Å². The van der Waals surface area contributed by atoms with Crippen LogP contribution in [0, 0.1) is 11.3 Å². The summed E-state index contributed by atoms with van der Waals surface area (Å²) >= 11 is 5.97. The third kappa shape index (κ3) is 3.74. The number of benzene rings is 1. The number of nitrogens with zero attached hydrogens (tertiary/aromatic N) is 3. The monoisotopic (exact) mass is 327 g/mol. The lowest BCUT2D eigenvalue weighted by atomic mass is 10.1. The van der Waals surface area contributed by atoms with Crippen molar-refractivity contribution in [1.82, 2.24) is 9.21 Å². The van der Waals surface area contributed by atoms with Crippen LogP contribution in [0.25, 0.3) is 0 Å². The minimum absolute atomic E-state index is 0.114. The zero-order valence-electron chi connectivity index (χ0n) is 11.9. The lowest BCUT2D eigenvalue weighted by Crippen LogP contribution is -2.49. The number of rotatable bonds is 4. The highest BCUT2D eigenvalue weighted by Gasteiger charge is 2.29. The van der Waals surface area contributed by atoms with E-state index in [9.17, 15) is 13.7 Å². The van der Waals surface area contributed by atoms with Gasteiger partial charge in [-0.25, -0.2) is 8.42 Å². The second kappa shape index (κ2) is 6.75. The fourth-order valence-electron chi connectivity index (χ4n) is 2.47. The standard InChI is InChI=1S/C14H18ClN3O2S/c1-2-21(19,20)18-8-6-17(7-9-18)14(11-16)12-4-3-5-13(15)10-12/h3-5,10,14H,2,6-9H2,1H3. The molecule has 1 aromatic rings. The first-order chi connectivity index (χ1) is 9.97. The zero-order chi connectivity index (χ0) is 15.5. The quantitative estimate of drug-likeness (QED) is 0.847. The summed E-state index contributed by atoms with van der Waals surface area (Å²) in [6.07, 6.45) is 0. The first-order valence-electron chi connectivity index (χ1n) is 6.85. The summed E-state index contributed by atoms with van der Waals surface area (Å²) < 4.78 is 25.2. The Labute approximate surface area is 130 Å². The second-order valence-corrected chi connectivity index (χ2v) is 7.62. The van der Waals surface area contributed by atoms with Crippen LogP contribution in [0.4, 0.5) is 0 Å². The van der Waals surface area contributed by atoms with Crippen molar-refractivity contribution < 1.29 is 8.42 Å². The molecule has 7 heteroatoms. The van der Waals surface area contributed by atoms with Crippen molar-refractivity contribution in [2.75, 3.05) is 31.9 Å². The molecule has 0 aromatic heterocycles. The number of sulfonamides is 1. The molecule has 0 radical (unpaired) electrons. The van der Waals surface area contributed by atoms with Crippen LogP contribution < -0.4 is 0 Å². The van der Waals surface area contributed by atoms with Gasteiger partial charge in [0.1, 0.15) is 6.04 Å². The van der Waals surface area contributed by atoms with Crippen LogP contribution >= 0.6 is 11.6 Å². The highest BCUT2D eigenvalue weighted by atomic mass is 35.5. The Morgan fingerprint density at radius 2 is 2.00 bits per heavy atom. The maximum absolute atomic E-state index is 11.8. The predicted octanol–water partition coefficient (Wildman–Crippen LogP) is 1.87. The van der Waals surface area contributed by atoms with Gasteiger partial charge in [0.05, 0.1) is 11.8 Å². The van der Waals surface area contributed by atoms with Gasteiger partial charge >= 0.3 is 0 Å². The van der Waals surface area contributed by atoms with E-state index in [1.807, 2.05) is 17.0 Å². The third-order valence-electron chi connectivity index (χ3n) is 3.68. The van der Waals surface area contributed by atoms with Crippen LogP contribution in [0.3, 0.4) is 0 Å². The average Bonchev–Trinajstić information content (AvgIpc) is 2.49.